The van der Waals surface area contributed by atoms with Crippen molar-refractivity contribution in [2.75, 3.05) is 30.9 Å². The first kappa shape index (κ1) is 16.2. The van der Waals surface area contributed by atoms with Gasteiger partial charge in [0.2, 0.25) is 5.95 Å². The number of benzene rings is 1. The fourth-order valence-corrected chi connectivity index (χ4v) is 2.44. The Morgan fingerprint density at radius 3 is 2.55 bits per heavy atom. The lowest BCUT2D eigenvalue weighted by atomic mass is 10.1. The molecule has 0 amide bonds. The first-order chi connectivity index (χ1) is 10.6. The normalized spacial score (nSPS) is 10.5. The fourth-order valence-electron chi connectivity index (χ4n) is 2.44. The minimum Gasteiger partial charge on any atom is -0.385 e. The molecule has 0 aliphatic heterocycles. The number of rotatable bonds is 7. The second-order valence-corrected chi connectivity index (χ2v) is 5.44. The van der Waals surface area contributed by atoms with E-state index in [-0.39, 0.29) is 0 Å². The number of nitrogens with zero attached hydrogens (tertiary/aromatic N) is 2. The summed E-state index contributed by atoms with van der Waals surface area (Å²) in [5.74, 6) is 1.42. The van der Waals surface area contributed by atoms with Crippen molar-refractivity contribution in [3.8, 4) is 0 Å². The van der Waals surface area contributed by atoms with Crippen molar-refractivity contribution < 1.29 is 4.74 Å². The highest BCUT2D eigenvalue weighted by Crippen LogP contribution is 2.25. The first-order valence-electron chi connectivity index (χ1n) is 7.51. The number of anilines is 3. The van der Waals surface area contributed by atoms with E-state index in [4.69, 9.17) is 4.74 Å². The van der Waals surface area contributed by atoms with Crippen molar-refractivity contribution in [1.82, 2.24) is 9.97 Å². The molecule has 0 saturated carbocycles. The topological polar surface area (TPSA) is 59.1 Å². The van der Waals surface area contributed by atoms with E-state index in [1.54, 1.807) is 13.3 Å². The molecule has 2 N–H and O–H groups in total. The van der Waals surface area contributed by atoms with E-state index in [2.05, 4.69) is 53.5 Å². The zero-order chi connectivity index (χ0) is 15.9. The van der Waals surface area contributed by atoms with Gasteiger partial charge in [0, 0.05) is 32.1 Å². The number of hydrogen-bond acceptors (Lipinski definition) is 5. The largest absolute Gasteiger partial charge is 0.385 e. The van der Waals surface area contributed by atoms with Crippen LogP contribution in [0.1, 0.15) is 23.1 Å². The average Bonchev–Trinajstić information content (AvgIpc) is 2.48. The summed E-state index contributed by atoms with van der Waals surface area (Å²) in [5, 5.41) is 6.60. The van der Waals surface area contributed by atoms with Crippen molar-refractivity contribution >= 4 is 17.5 Å². The molecule has 0 radical (unpaired) electrons. The Labute approximate surface area is 132 Å². The van der Waals surface area contributed by atoms with Gasteiger partial charge in [0.05, 0.1) is 0 Å². The van der Waals surface area contributed by atoms with Crippen LogP contribution in [0.25, 0.3) is 0 Å². The zero-order valence-electron chi connectivity index (χ0n) is 13.7. The standard InChI is InChI=1S/C17H24N4O/c1-12-10-13(2)16(14(3)11-12)20-15-6-8-19-17(21-15)18-7-5-9-22-4/h6,8,10-11H,5,7,9H2,1-4H3,(H2,18,19,20,21). The third-order valence-corrected chi connectivity index (χ3v) is 3.39. The van der Waals surface area contributed by atoms with Gasteiger partial charge in [0.15, 0.2) is 0 Å². The van der Waals surface area contributed by atoms with Gasteiger partial charge < -0.3 is 15.4 Å². The summed E-state index contributed by atoms with van der Waals surface area (Å²) < 4.78 is 5.03. The lowest BCUT2D eigenvalue weighted by molar-refractivity contribution is 0.197. The molecule has 2 aromatic rings. The van der Waals surface area contributed by atoms with Crippen LogP contribution in [0.5, 0.6) is 0 Å². The van der Waals surface area contributed by atoms with Crippen LogP contribution < -0.4 is 10.6 Å². The van der Waals surface area contributed by atoms with Crippen molar-refractivity contribution in [2.24, 2.45) is 0 Å². The molecule has 1 aromatic carbocycles. The maximum atomic E-state index is 5.03. The molecule has 22 heavy (non-hydrogen) atoms. The van der Waals surface area contributed by atoms with Gasteiger partial charge in [0.1, 0.15) is 5.82 Å². The van der Waals surface area contributed by atoms with Crippen LogP contribution in [-0.2, 0) is 4.74 Å². The number of aromatic nitrogens is 2. The number of methoxy groups -OCH3 is 1. The lowest BCUT2D eigenvalue weighted by Crippen LogP contribution is -2.08. The van der Waals surface area contributed by atoms with Crippen LogP contribution in [0.4, 0.5) is 17.5 Å². The van der Waals surface area contributed by atoms with Gasteiger partial charge in [-0.1, -0.05) is 17.7 Å². The van der Waals surface area contributed by atoms with E-state index in [1.807, 2.05) is 6.07 Å². The SMILES string of the molecule is COCCCNc1nccc(Nc2c(C)cc(C)cc2C)n1. The molecule has 0 bridgehead atoms. The molecule has 0 spiro atoms. The molecule has 118 valence electrons. The fraction of sp³-hybridized carbons (Fsp3) is 0.412. The van der Waals surface area contributed by atoms with Crippen LogP contribution in [0.2, 0.25) is 0 Å². The molecule has 5 nitrogen and oxygen atoms in total. The molecule has 0 aliphatic rings. The minimum absolute atomic E-state index is 0.628. The molecular weight excluding hydrogens is 276 g/mol. The Morgan fingerprint density at radius 1 is 1.14 bits per heavy atom. The van der Waals surface area contributed by atoms with Gasteiger partial charge in [-0.15, -0.1) is 0 Å². The first-order valence-corrected chi connectivity index (χ1v) is 7.51. The third-order valence-electron chi connectivity index (χ3n) is 3.39. The Morgan fingerprint density at radius 2 is 1.86 bits per heavy atom. The van der Waals surface area contributed by atoms with Crippen molar-refractivity contribution in [3.63, 3.8) is 0 Å². The Hall–Kier alpha value is -2.14. The van der Waals surface area contributed by atoms with Crippen molar-refractivity contribution in [1.29, 1.82) is 0 Å². The summed E-state index contributed by atoms with van der Waals surface area (Å²) in [5.41, 5.74) is 4.80. The van der Waals surface area contributed by atoms with Crippen molar-refractivity contribution in [3.05, 3.63) is 41.1 Å². The van der Waals surface area contributed by atoms with E-state index in [0.717, 1.165) is 31.1 Å². The van der Waals surface area contributed by atoms with Crippen molar-refractivity contribution in [2.45, 2.75) is 27.2 Å². The second kappa shape index (κ2) is 7.75. The highest BCUT2D eigenvalue weighted by Gasteiger charge is 2.06. The summed E-state index contributed by atoms with van der Waals surface area (Å²) in [7, 11) is 1.70. The molecule has 5 heteroatoms. The highest BCUT2D eigenvalue weighted by molar-refractivity contribution is 5.65. The number of hydrogen-bond donors (Lipinski definition) is 2. The molecule has 1 aromatic heterocycles. The van der Waals surface area contributed by atoms with Gasteiger partial charge >= 0.3 is 0 Å². The van der Waals surface area contributed by atoms with Gasteiger partial charge in [-0.25, -0.2) is 4.98 Å². The second-order valence-electron chi connectivity index (χ2n) is 5.44. The Bertz CT molecular complexity index is 605. The highest BCUT2D eigenvalue weighted by atomic mass is 16.5. The van der Waals surface area contributed by atoms with Crippen LogP contribution >= 0.6 is 0 Å². The summed E-state index contributed by atoms with van der Waals surface area (Å²) in [4.78, 5) is 8.73. The van der Waals surface area contributed by atoms with Gasteiger partial charge in [0.25, 0.3) is 0 Å². The monoisotopic (exact) mass is 300 g/mol. The van der Waals surface area contributed by atoms with E-state index in [1.165, 1.54) is 16.7 Å². The lowest BCUT2D eigenvalue weighted by Gasteiger charge is -2.14. The van der Waals surface area contributed by atoms with Crippen LogP contribution in [0, 0.1) is 20.8 Å². The molecule has 0 saturated heterocycles. The maximum absolute atomic E-state index is 5.03. The Balaban J connectivity index is 2.07. The average molecular weight is 300 g/mol. The number of nitrogens with one attached hydrogen (secondary N) is 2. The number of aryl methyl sites for hydroxylation is 3. The van der Waals surface area contributed by atoms with Crippen LogP contribution in [-0.4, -0.2) is 30.2 Å². The van der Waals surface area contributed by atoms with E-state index >= 15 is 0 Å². The molecule has 0 atom stereocenters. The maximum Gasteiger partial charge on any atom is 0.224 e. The quantitative estimate of drug-likeness (QED) is 0.765. The molecule has 0 fully saturated rings. The number of ether oxygens (including phenoxy) is 1. The van der Waals surface area contributed by atoms with E-state index in [9.17, 15) is 0 Å². The van der Waals surface area contributed by atoms with Gasteiger partial charge in [-0.05, 0) is 44.4 Å². The molecular formula is C17H24N4O. The van der Waals surface area contributed by atoms with Crippen LogP contribution in [0.15, 0.2) is 24.4 Å². The summed E-state index contributed by atoms with van der Waals surface area (Å²) in [6, 6.07) is 6.21. The Kier molecular flexibility index (Phi) is 5.72. The zero-order valence-corrected chi connectivity index (χ0v) is 13.7. The summed E-state index contributed by atoms with van der Waals surface area (Å²) in [6.45, 7) is 7.84. The van der Waals surface area contributed by atoms with E-state index < -0.39 is 0 Å². The summed E-state index contributed by atoms with van der Waals surface area (Å²) >= 11 is 0. The van der Waals surface area contributed by atoms with Gasteiger partial charge in [-0.2, -0.15) is 4.98 Å². The van der Waals surface area contributed by atoms with Crippen LogP contribution in [0.3, 0.4) is 0 Å². The molecule has 1 heterocycles. The van der Waals surface area contributed by atoms with E-state index in [0.29, 0.717) is 5.95 Å². The predicted octanol–water partition coefficient (Wildman–Crippen LogP) is 3.59. The van der Waals surface area contributed by atoms with Gasteiger partial charge in [-0.3, -0.25) is 0 Å². The predicted molar refractivity (Wildman–Crippen MR) is 91.0 cm³/mol. The summed E-state index contributed by atoms with van der Waals surface area (Å²) in [6.07, 6.45) is 2.68. The minimum atomic E-state index is 0.628. The third kappa shape index (κ3) is 4.43. The molecule has 2 rings (SSSR count). The smallest absolute Gasteiger partial charge is 0.224 e. The molecule has 0 aliphatic carbocycles. The molecule has 0 unspecified atom stereocenters.